The normalized spacial score (nSPS) is 11.2. The average molecular weight is 264 g/mol. The van der Waals surface area contributed by atoms with Crippen LogP contribution in [0.15, 0.2) is 53.1 Å². The molecular weight excluding hydrogens is 252 g/mol. The molecule has 4 aromatic rings. The third kappa shape index (κ3) is 1.58. The number of methoxy groups -OCH3 is 1. The smallest absolute Gasteiger partial charge is 0.229 e. The third-order valence-electron chi connectivity index (χ3n) is 3.41. The zero-order valence-corrected chi connectivity index (χ0v) is 10.9. The summed E-state index contributed by atoms with van der Waals surface area (Å²) in [5.41, 5.74) is 3.62. The first kappa shape index (κ1) is 11.1. The van der Waals surface area contributed by atoms with E-state index >= 15 is 0 Å². The van der Waals surface area contributed by atoms with Gasteiger partial charge in [0.2, 0.25) is 5.89 Å². The van der Waals surface area contributed by atoms with Crippen LogP contribution in [0.4, 0.5) is 0 Å². The van der Waals surface area contributed by atoms with Crippen LogP contribution in [0.3, 0.4) is 0 Å². The van der Waals surface area contributed by atoms with E-state index in [1.54, 1.807) is 7.11 Å². The van der Waals surface area contributed by atoms with Crippen LogP contribution in [0.1, 0.15) is 0 Å². The van der Waals surface area contributed by atoms with Crippen LogP contribution in [0.5, 0.6) is 5.75 Å². The van der Waals surface area contributed by atoms with Crippen molar-refractivity contribution < 1.29 is 9.15 Å². The van der Waals surface area contributed by atoms with E-state index in [1.807, 2.05) is 48.7 Å². The molecule has 0 fully saturated rings. The fourth-order valence-corrected chi connectivity index (χ4v) is 2.39. The monoisotopic (exact) mass is 264 g/mol. The number of aromatic nitrogens is 2. The molecule has 0 atom stereocenters. The number of benzene rings is 2. The molecule has 0 saturated heterocycles. The van der Waals surface area contributed by atoms with Crippen molar-refractivity contribution in [1.82, 2.24) is 9.97 Å². The zero-order chi connectivity index (χ0) is 13.5. The summed E-state index contributed by atoms with van der Waals surface area (Å²) in [5, 5.41) is 1.04. The van der Waals surface area contributed by atoms with Crippen molar-refractivity contribution in [2.75, 3.05) is 7.11 Å². The highest BCUT2D eigenvalue weighted by Crippen LogP contribution is 2.32. The minimum atomic E-state index is 0.616. The van der Waals surface area contributed by atoms with Crippen LogP contribution < -0.4 is 4.74 Å². The Morgan fingerprint density at radius 3 is 2.90 bits per heavy atom. The van der Waals surface area contributed by atoms with Crippen LogP contribution in [-0.4, -0.2) is 17.1 Å². The summed E-state index contributed by atoms with van der Waals surface area (Å²) in [6, 6.07) is 13.6. The van der Waals surface area contributed by atoms with Crippen LogP contribution in [0, 0.1) is 0 Å². The number of para-hydroxylation sites is 2. The Labute approximate surface area is 115 Å². The maximum atomic E-state index is 5.82. The fourth-order valence-electron chi connectivity index (χ4n) is 2.39. The summed E-state index contributed by atoms with van der Waals surface area (Å²) in [5.74, 6) is 1.43. The molecule has 1 N–H and O–H groups in total. The van der Waals surface area contributed by atoms with Crippen molar-refractivity contribution in [3.8, 4) is 17.2 Å². The Bertz CT molecular complexity index is 872. The molecule has 2 aromatic carbocycles. The second-order valence-corrected chi connectivity index (χ2v) is 4.60. The Kier molecular flexibility index (Phi) is 2.29. The molecule has 2 heterocycles. The highest BCUT2D eigenvalue weighted by molar-refractivity contribution is 5.95. The quantitative estimate of drug-likeness (QED) is 0.595. The van der Waals surface area contributed by atoms with E-state index in [1.165, 1.54) is 0 Å². The molecule has 20 heavy (non-hydrogen) atoms. The van der Waals surface area contributed by atoms with Crippen molar-refractivity contribution in [2.24, 2.45) is 0 Å². The number of H-pyrrole nitrogens is 1. The Hall–Kier alpha value is -2.75. The van der Waals surface area contributed by atoms with E-state index in [0.29, 0.717) is 5.89 Å². The molecular formula is C16H12N2O2. The van der Waals surface area contributed by atoms with Gasteiger partial charge in [-0.2, -0.15) is 0 Å². The van der Waals surface area contributed by atoms with E-state index in [2.05, 4.69) is 9.97 Å². The lowest BCUT2D eigenvalue weighted by atomic mass is 10.1. The maximum absolute atomic E-state index is 5.82. The Morgan fingerprint density at radius 1 is 1.15 bits per heavy atom. The second-order valence-electron chi connectivity index (χ2n) is 4.60. The summed E-state index contributed by atoms with van der Waals surface area (Å²) < 4.78 is 11.1. The van der Waals surface area contributed by atoms with E-state index in [9.17, 15) is 0 Å². The molecule has 4 heteroatoms. The lowest BCUT2D eigenvalue weighted by Crippen LogP contribution is -1.82. The van der Waals surface area contributed by atoms with Gasteiger partial charge in [-0.3, -0.25) is 0 Å². The molecule has 2 aromatic heterocycles. The molecule has 0 saturated carbocycles. The molecule has 0 aliphatic rings. The largest absolute Gasteiger partial charge is 0.497 e. The van der Waals surface area contributed by atoms with Crippen LogP contribution in [-0.2, 0) is 0 Å². The van der Waals surface area contributed by atoms with E-state index < -0.39 is 0 Å². The van der Waals surface area contributed by atoms with Crippen molar-refractivity contribution in [1.29, 1.82) is 0 Å². The Balaban J connectivity index is 1.96. The van der Waals surface area contributed by atoms with Crippen molar-refractivity contribution in [3.05, 3.63) is 48.7 Å². The number of hydrogen-bond donors (Lipinski definition) is 1. The van der Waals surface area contributed by atoms with Gasteiger partial charge in [-0.25, -0.2) is 4.98 Å². The maximum Gasteiger partial charge on any atom is 0.229 e. The Morgan fingerprint density at radius 2 is 2.05 bits per heavy atom. The van der Waals surface area contributed by atoms with Crippen molar-refractivity contribution in [3.63, 3.8) is 0 Å². The van der Waals surface area contributed by atoms with Gasteiger partial charge >= 0.3 is 0 Å². The first-order valence-corrected chi connectivity index (χ1v) is 6.36. The van der Waals surface area contributed by atoms with E-state index in [0.717, 1.165) is 33.3 Å². The molecule has 0 aliphatic carbocycles. The SMILES string of the molecule is COc1ccc2[nH]cc(-c3nc4ccccc4o3)c2c1. The highest BCUT2D eigenvalue weighted by Gasteiger charge is 2.13. The number of nitrogens with one attached hydrogen (secondary N) is 1. The van der Waals surface area contributed by atoms with Gasteiger partial charge in [0.05, 0.1) is 12.7 Å². The van der Waals surface area contributed by atoms with E-state index in [4.69, 9.17) is 9.15 Å². The first-order valence-electron chi connectivity index (χ1n) is 6.36. The number of hydrogen-bond acceptors (Lipinski definition) is 3. The number of oxazole rings is 1. The standard InChI is InChI=1S/C16H12N2O2/c1-19-10-6-7-13-11(8-10)12(9-17-13)16-18-14-4-2-3-5-15(14)20-16/h2-9,17H,1H3. The average Bonchev–Trinajstić information content (AvgIpc) is 3.09. The first-order chi connectivity index (χ1) is 9.85. The molecule has 0 amide bonds. The topological polar surface area (TPSA) is 51.0 Å². The van der Waals surface area contributed by atoms with Gasteiger partial charge in [0.1, 0.15) is 11.3 Å². The van der Waals surface area contributed by atoms with Crippen LogP contribution in [0.2, 0.25) is 0 Å². The molecule has 0 unspecified atom stereocenters. The molecule has 98 valence electrons. The van der Waals surface area contributed by atoms with Gasteiger partial charge in [-0.15, -0.1) is 0 Å². The zero-order valence-electron chi connectivity index (χ0n) is 10.9. The molecule has 4 rings (SSSR count). The second kappa shape index (κ2) is 4.13. The van der Waals surface area contributed by atoms with Gasteiger partial charge < -0.3 is 14.1 Å². The van der Waals surface area contributed by atoms with Crippen LogP contribution >= 0.6 is 0 Å². The minimum absolute atomic E-state index is 0.616. The number of aromatic amines is 1. The summed E-state index contributed by atoms with van der Waals surface area (Å²) in [4.78, 5) is 7.76. The predicted molar refractivity (Wildman–Crippen MR) is 77.9 cm³/mol. The summed E-state index contributed by atoms with van der Waals surface area (Å²) in [6.07, 6.45) is 1.91. The minimum Gasteiger partial charge on any atom is -0.497 e. The molecule has 0 spiro atoms. The summed E-state index contributed by atoms with van der Waals surface area (Å²) in [6.45, 7) is 0. The third-order valence-corrected chi connectivity index (χ3v) is 3.41. The molecule has 4 nitrogen and oxygen atoms in total. The summed E-state index contributed by atoms with van der Waals surface area (Å²) >= 11 is 0. The van der Waals surface area contributed by atoms with Gasteiger partial charge in [0.25, 0.3) is 0 Å². The van der Waals surface area contributed by atoms with Gasteiger partial charge in [-0.1, -0.05) is 12.1 Å². The molecule has 0 bridgehead atoms. The van der Waals surface area contributed by atoms with Gasteiger partial charge in [-0.05, 0) is 30.3 Å². The number of nitrogens with zero attached hydrogens (tertiary/aromatic N) is 1. The molecule has 0 aliphatic heterocycles. The lowest BCUT2D eigenvalue weighted by molar-refractivity contribution is 0.415. The van der Waals surface area contributed by atoms with Crippen LogP contribution in [0.25, 0.3) is 33.5 Å². The fraction of sp³-hybridized carbons (Fsp3) is 0.0625. The van der Waals surface area contributed by atoms with Gasteiger partial charge in [0, 0.05) is 17.1 Å². The van der Waals surface area contributed by atoms with Crippen molar-refractivity contribution >= 4 is 22.0 Å². The molecule has 0 radical (unpaired) electrons. The van der Waals surface area contributed by atoms with E-state index in [-0.39, 0.29) is 0 Å². The number of fused-ring (bicyclic) bond motifs is 2. The summed E-state index contributed by atoms with van der Waals surface area (Å²) in [7, 11) is 1.66. The van der Waals surface area contributed by atoms with Crippen molar-refractivity contribution in [2.45, 2.75) is 0 Å². The predicted octanol–water partition coefficient (Wildman–Crippen LogP) is 3.98. The number of ether oxygens (including phenoxy) is 1. The van der Waals surface area contributed by atoms with Gasteiger partial charge in [0.15, 0.2) is 5.58 Å². The lowest BCUT2D eigenvalue weighted by Gasteiger charge is -1.99. The highest BCUT2D eigenvalue weighted by atomic mass is 16.5. The number of rotatable bonds is 2.